The molecular weight excluding hydrogens is 158 g/mol. The summed E-state index contributed by atoms with van der Waals surface area (Å²) in [7, 11) is 1.45. The highest BCUT2D eigenvalue weighted by atomic mass is 16.2. The van der Waals surface area contributed by atoms with Gasteiger partial charge in [-0.05, 0) is 6.92 Å². The summed E-state index contributed by atoms with van der Waals surface area (Å²) in [6, 6.07) is 0. The zero-order chi connectivity index (χ0) is 9.30. The van der Waals surface area contributed by atoms with Crippen LogP contribution < -0.4 is 0 Å². The molecular formula is C8H11NO3. The Kier molecular flexibility index (Phi) is 2.26. The van der Waals surface area contributed by atoms with Gasteiger partial charge in [0.15, 0.2) is 0 Å². The number of imide groups is 1. The number of ketones is 1. The third-order valence-corrected chi connectivity index (χ3v) is 2.17. The number of nitrogens with zero attached hydrogens (tertiary/aromatic N) is 1. The Morgan fingerprint density at radius 2 is 1.75 bits per heavy atom. The zero-order valence-electron chi connectivity index (χ0n) is 7.16. The van der Waals surface area contributed by atoms with Crippen LogP contribution >= 0.6 is 0 Å². The fourth-order valence-corrected chi connectivity index (χ4v) is 1.19. The lowest BCUT2D eigenvalue weighted by molar-refractivity contribution is -0.150. The van der Waals surface area contributed by atoms with Crippen LogP contribution in [0.2, 0.25) is 0 Å². The molecule has 2 amide bonds. The molecule has 0 radical (unpaired) electrons. The van der Waals surface area contributed by atoms with Gasteiger partial charge in [0.1, 0.15) is 5.78 Å². The molecule has 12 heavy (non-hydrogen) atoms. The molecule has 0 N–H and O–H groups in total. The predicted octanol–water partition coefficient (Wildman–Crippen LogP) is -0.0296. The van der Waals surface area contributed by atoms with Crippen LogP contribution in [0, 0.1) is 5.92 Å². The first-order valence-corrected chi connectivity index (χ1v) is 3.82. The molecule has 0 saturated carbocycles. The van der Waals surface area contributed by atoms with Crippen LogP contribution in [0.5, 0.6) is 0 Å². The number of likely N-dealkylation sites (tertiary alicyclic amines) is 1. The number of piperidine rings is 1. The Hall–Kier alpha value is -1.19. The Labute approximate surface area is 70.5 Å². The maximum absolute atomic E-state index is 11.1. The highest BCUT2D eigenvalue weighted by molar-refractivity contribution is 6.01. The zero-order valence-corrected chi connectivity index (χ0v) is 7.16. The molecule has 1 fully saturated rings. The number of hydrogen-bond acceptors (Lipinski definition) is 3. The van der Waals surface area contributed by atoms with Gasteiger partial charge in [0, 0.05) is 25.8 Å². The number of carbonyl (C=O) groups excluding carboxylic acids is 3. The maximum atomic E-state index is 11.1. The molecule has 1 rings (SSSR count). The van der Waals surface area contributed by atoms with Crippen LogP contribution in [-0.4, -0.2) is 29.5 Å². The van der Waals surface area contributed by atoms with Crippen molar-refractivity contribution in [1.29, 1.82) is 0 Å². The molecule has 0 spiro atoms. The minimum Gasteiger partial charge on any atom is -0.300 e. The van der Waals surface area contributed by atoms with E-state index in [1.165, 1.54) is 14.0 Å². The number of Topliss-reactive ketones (excluding diaryl/α,β-unsaturated/α-hetero) is 1. The smallest absolute Gasteiger partial charge is 0.229 e. The fraction of sp³-hybridized carbons (Fsp3) is 0.625. The number of carbonyl (C=O) groups is 3. The van der Waals surface area contributed by atoms with Gasteiger partial charge in [-0.25, -0.2) is 0 Å². The van der Waals surface area contributed by atoms with Crippen LogP contribution in [0.15, 0.2) is 0 Å². The standard InChI is InChI=1S/C8H11NO3/c1-5(10)6-3-7(11)9(2)8(12)4-6/h6H,3-4H2,1-2H3. The van der Waals surface area contributed by atoms with Crippen molar-refractivity contribution >= 4 is 17.6 Å². The summed E-state index contributed by atoms with van der Waals surface area (Å²) in [5, 5.41) is 0. The average Bonchev–Trinajstić information content (AvgIpc) is 1.99. The van der Waals surface area contributed by atoms with E-state index in [0.717, 1.165) is 4.90 Å². The van der Waals surface area contributed by atoms with Gasteiger partial charge >= 0.3 is 0 Å². The molecule has 1 aliphatic heterocycles. The molecule has 4 heteroatoms. The van der Waals surface area contributed by atoms with Crippen molar-refractivity contribution < 1.29 is 14.4 Å². The number of amides is 2. The lowest BCUT2D eigenvalue weighted by Crippen LogP contribution is -2.41. The summed E-state index contributed by atoms with van der Waals surface area (Å²) in [6.45, 7) is 1.41. The molecule has 1 heterocycles. The van der Waals surface area contributed by atoms with Gasteiger partial charge in [-0.3, -0.25) is 19.3 Å². The minimum absolute atomic E-state index is 0.0789. The maximum Gasteiger partial charge on any atom is 0.229 e. The van der Waals surface area contributed by atoms with Crippen molar-refractivity contribution in [3.8, 4) is 0 Å². The molecule has 0 aromatic heterocycles. The Bertz CT molecular complexity index is 229. The molecule has 66 valence electrons. The normalized spacial score (nSPS) is 20.0. The van der Waals surface area contributed by atoms with E-state index in [4.69, 9.17) is 0 Å². The molecule has 0 bridgehead atoms. The van der Waals surface area contributed by atoms with Gasteiger partial charge in [-0.1, -0.05) is 0 Å². The first kappa shape index (κ1) is 8.90. The van der Waals surface area contributed by atoms with Crippen molar-refractivity contribution in [2.75, 3.05) is 7.05 Å². The first-order valence-electron chi connectivity index (χ1n) is 3.82. The summed E-state index contributed by atoms with van der Waals surface area (Å²) >= 11 is 0. The van der Waals surface area contributed by atoms with Gasteiger partial charge in [0.2, 0.25) is 11.8 Å². The summed E-state index contributed by atoms with van der Waals surface area (Å²) in [5.41, 5.74) is 0. The van der Waals surface area contributed by atoms with Crippen LogP contribution in [0.1, 0.15) is 19.8 Å². The van der Waals surface area contributed by atoms with E-state index in [9.17, 15) is 14.4 Å². The summed E-state index contributed by atoms with van der Waals surface area (Å²) in [6.07, 6.45) is 0.356. The molecule has 4 nitrogen and oxygen atoms in total. The predicted molar refractivity (Wildman–Crippen MR) is 41.2 cm³/mol. The topological polar surface area (TPSA) is 54.5 Å². The molecule has 0 atom stereocenters. The molecule has 1 saturated heterocycles. The lowest BCUT2D eigenvalue weighted by Gasteiger charge is -2.25. The highest BCUT2D eigenvalue weighted by Crippen LogP contribution is 2.18. The van der Waals surface area contributed by atoms with Gasteiger partial charge < -0.3 is 0 Å². The molecule has 0 aromatic carbocycles. The van der Waals surface area contributed by atoms with E-state index >= 15 is 0 Å². The largest absolute Gasteiger partial charge is 0.300 e. The Balaban J connectivity index is 2.72. The quantitative estimate of drug-likeness (QED) is 0.518. The minimum atomic E-state index is -0.388. The van der Waals surface area contributed by atoms with Crippen LogP contribution in [0.25, 0.3) is 0 Å². The molecule has 1 aliphatic rings. The second-order valence-electron chi connectivity index (χ2n) is 3.06. The second-order valence-corrected chi connectivity index (χ2v) is 3.06. The second kappa shape index (κ2) is 3.05. The summed E-state index contributed by atoms with van der Waals surface area (Å²) in [5.74, 6) is -0.982. The van der Waals surface area contributed by atoms with Crippen molar-refractivity contribution in [1.82, 2.24) is 4.90 Å². The van der Waals surface area contributed by atoms with E-state index in [1.807, 2.05) is 0 Å². The van der Waals surface area contributed by atoms with Gasteiger partial charge in [-0.2, -0.15) is 0 Å². The van der Waals surface area contributed by atoms with Gasteiger partial charge in [0.25, 0.3) is 0 Å². The molecule has 0 aliphatic carbocycles. The van der Waals surface area contributed by atoms with Gasteiger partial charge in [0.05, 0.1) is 0 Å². The lowest BCUT2D eigenvalue weighted by atomic mass is 9.93. The SMILES string of the molecule is CC(=O)C1CC(=O)N(C)C(=O)C1. The highest BCUT2D eigenvalue weighted by Gasteiger charge is 2.31. The molecule has 0 unspecified atom stereocenters. The summed E-state index contributed by atoms with van der Waals surface area (Å²) in [4.78, 5) is 34.1. The van der Waals surface area contributed by atoms with Crippen molar-refractivity contribution in [2.45, 2.75) is 19.8 Å². The van der Waals surface area contributed by atoms with E-state index in [0.29, 0.717) is 0 Å². The fourth-order valence-electron chi connectivity index (χ4n) is 1.19. The number of rotatable bonds is 1. The Morgan fingerprint density at radius 3 is 2.08 bits per heavy atom. The van der Waals surface area contributed by atoms with E-state index < -0.39 is 0 Å². The van der Waals surface area contributed by atoms with Crippen LogP contribution in [0.3, 0.4) is 0 Å². The average molecular weight is 169 g/mol. The van der Waals surface area contributed by atoms with Gasteiger partial charge in [-0.15, -0.1) is 0 Å². The monoisotopic (exact) mass is 169 g/mol. The van der Waals surface area contributed by atoms with Crippen LogP contribution in [-0.2, 0) is 14.4 Å². The van der Waals surface area contributed by atoms with E-state index in [2.05, 4.69) is 0 Å². The third-order valence-electron chi connectivity index (χ3n) is 2.17. The molecule has 0 aromatic rings. The van der Waals surface area contributed by atoms with Crippen molar-refractivity contribution in [3.05, 3.63) is 0 Å². The first-order chi connectivity index (χ1) is 5.52. The summed E-state index contributed by atoms with van der Waals surface area (Å²) < 4.78 is 0. The van der Waals surface area contributed by atoms with Crippen molar-refractivity contribution in [2.24, 2.45) is 5.92 Å². The van der Waals surface area contributed by atoms with E-state index in [-0.39, 0.29) is 36.4 Å². The number of hydrogen-bond donors (Lipinski definition) is 0. The van der Waals surface area contributed by atoms with E-state index in [1.54, 1.807) is 0 Å². The Morgan fingerprint density at radius 1 is 1.33 bits per heavy atom. The third kappa shape index (κ3) is 1.52. The van der Waals surface area contributed by atoms with Crippen molar-refractivity contribution in [3.63, 3.8) is 0 Å². The van der Waals surface area contributed by atoms with Crippen LogP contribution in [0.4, 0.5) is 0 Å².